The maximum absolute atomic E-state index is 12.4. The van der Waals surface area contributed by atoms with E-state index in [2.05, 4.69) is 4.98 Å². The fraction of sp³-hybridized carbons (Fsp3) is 0.316. The summed E-state index contributed by atoms with van der Waals surface area (Å²) in [6.45, 7) is 2.40. The van der Waals surface area contributed by atoms with Crippen molar-refractivity contribution in [2.75, 3.05) is 25.0 Å². The van der Waals surface area contributed by atoms with Crippen LogP contribution in [0.3, 0.4) is 0 Å². The lowest BCUT2D eigenvalue weighted by Gasteiger charge is -2.24. The largest absolute Gasteiger partial charge is 0.345 e. The molecule has 2 aromatic rings. The highest BCUT2D eigenvalue weighted by atomic mass is 35.5. The first-order chi connectivity index (χ1) is 12.0. The van der Waals surface area contributed by atoms with E-state index >= 15 is 0 Å². The first-order valence-corrected chi connectivity index (χ1v) is 8.52. The molecule has 0 radical (unpaired) electrons. The minimum Gasteiger partial charge on any atom is -0.345 e. The summed E-state index contributed by atoms with van der Waals surface area (Å²) in [6, 6.07) is 11.0. The van der Waals surface area contributed by atoms with Gasteiger partial charge in [0.15, 0.2) is 0 Å². The smallest absolute Gasteiger partial charge is 0.224 e. The Hall–Kier alpha value is -2.40. The number of pyridine rings is 1. The Morgan fingerprint density at radius 3 is 2.40 bits per heavy atom. The molecular formula is C19H22ClN3O2. The molecule has 0 fully saturated rings. The number of hydrogen-bond acceptors (Lipinski definition) is 3. The Balaban J connectivity index is 1.90. The summed E-state index contributed by atoms with van der Waals surface area (Å²) in [6.07, 6.45) is 4.50. The number of rotatable bonds is 7. The molecule has 25 heavy (non-hydrogen) atoms. The van der Waals surface area contributed by atoms with Gasteiger partial charge in [-0.1, -0.05) is 23.7 Å². The van der Waals surface area contributed by atoms with Crippen LogP contribution in [0, 0.1) is 0 Å². The van der Waals surface area contributed by atoms with Crippen LogP contribution in [0.2, 0.25) is 5.02 Å². The average molecular weight is 360 g/mol. The summed E-state index contributed by atoms with van der Waals surface area (Å²) in [7, 11) is 1.77. The predicted molar refractivity (Wildman–Crippen MR) is 99.7 cm³/mol. The normalized spacial score (nSPS) is 10.4. The molecule has 1 aromatic heterocycles. The van der Waals surface area contributed by atoms with Crippen LogP contribution < -0.4 is 4.90 Å². The van der Waals surface area contributed by atoms with Crippen LogP contribution in [-0.2, 0) is 16.0 Å². The Morgan fingerprint density at radius 2 is 1.76 bits per heavy atom. The van der Waals surface area contributed by atoms with Gasteiger partial charge in [0.1, 0.15) is 0 Å². The Labute approximate surface area is 153 Å². The number of para-hydroxylation sites is 1. The molecule has 0 unspecified atom stereocenters. The second-order valence-corrected chi connectivity index (χ2v) is 6.20. The number of benzene rings is 1. The molecule has 0 aliphatic rings. The molecule has 2 amide bonds. The second-order valence-electron chi connectivity index (χ2n) is 5.79. The molecular weight excluding hydrogens is 338 g/mol. The van der Waals surface area contributed by atoms with Gasteiger partial charge >= 0.3 is 0 Å². The minimum absolute atomic E-state index is 0.00707. The molecule has 1 heterocycles. The summed E-state index contributed by atoms with van der Waals surface area (Å²) in [5, 5.41) is 0.496. The maximum atomic E-state index is 12.4. The van der Waals surface area contributed by atoms with E-state index in [1.54, 1.807) is 36.5 Å². The van der Waals surface area contributed by atoms with E-state index < -0.39 is 0 Å². The molecule has 0 N–H and O–H groups in total. The summed E-state index contributed by atoms with van der Waals surface area (Å²) in [5.41, 5.74) is 1.76. The number of amides is 2. The van der Waals surface area contributed by atoms with E-state index in [-0.39, 0.29) is 18.2 Å². The van der Waals surface area contributed by atoms with Crippen LogP contribution in [-0.4, -0.2) is 41.8 Å². The van der Waals surface area contributed by atoms with Gasteiger partial charge in [0.25, 0.3) is 0 Å². The van der Waals surface area contributed by atoms with Crippen molar-refractivity contribution in [1.29, 1.82) is 0 Å². The van der Waals surface area contributed by atoms with Crippen LogP contribution in [0.5, 0.6) is 0 Å². The van der Waals surface area contributed by atoms with Gasteiger partial charge in [0, 0.05) is 45.9 Å². The van der Waals surface area contributed by atoms with Gasteiger partial charge in [-0.3, -0.25) is 14.6 Å². The van der Waals surface area contributed by atoms with Crippen LogP contribution in [0.25, 0.3) is 0 Å². The van der Waals surface area contributed by atoms with Gasteiger partial charge in [-0.2, -0.15) is 0 Å². The summed E-state index contributed by atoms with van der Waals surface area (Å²) in [5.74, 6) is -0.146. The van der Waals surface area contributed by atoms with Gasteiger partial charge in [0.2, 0.25) is 11.8 Å². The number of halogens is 1. The van der Waals surface area contributed by atoms with Crippen molar-refractivity contribution in [1.82, 2.24) is 9.88 Å². The van der Waals surface area contributed by atoms with Crippen molar-refractivity contribution < 1.29 is 9.59 Å². The molecule has 6 heteroatoms. The van der Waals surface area contributed by atoms with Crippen molar-refractivity contribution in [2.45, 2.75) is 19.8 Å². The highest BCUT2D eigenvalue weighted by Crippen LogP contribution is 2.25. The Morgan fingerprint density at radius 1 is 1.08 bits per heavy atom. The third kappa shape index (κ3) is 5.57. The van der Waals surface area contributed by atoms with Crippen molar-refractivity contribution in [3.63, 3.8) is 0 Å². The minimum atomic E-state index is -0.139. The number of carbonyl (C=O) groups excluding carboxylic acids is 2. The van der Waals surface area contributed by atoms with Crippen LogP contribution in [0.15, 0.2) is 48.8 Å². The molecule has 2 rings (SSSR count). The summed E-state index contributed by atoms with van der Waals surface area (Å²) in [4.78, 5) is 31.5. The fourth-order valence-corrected chi connectivity index (χ4v) is 2.73. The number of aromatic nitrogens is 1. The van der Waals surface area contributed by atoms with E-state index in [0.717, 1.165) is 12.0 Å². The topological polar surface area (TPSA) is 53.5 Å². The lowest BCUT2D eigenvalue weighted by Crippen LogP contribution is -2.35. The monoisotopic (exact) mass is 359 g/mol. The van der Waals surface area contributed by atoms with E-state index in [9.17, 15) is 9.59 Å². The third-order valence-electron chi connectivity index (χ3n) is 3.98. The molecule has 5 nitrogen and oxygen atoms in total. The molecule has 132 valence electrons. The standard InChI is InChI=1S/C19H22ClN3O2/c1-15(24)23(18-6-4-3-5-17(18)20)14-10-19(25)22(2)13-9-16-7-11-21-12-8-16/h3-8,11-12H,9-10,13-14H2,1-2H3. The summed E-state index contributed by atoms with van der Waals surface area (Å²) < 4.78 is 0. The van der Waals surface area contributed by atoms with Crippen LogP contribution in [0.4, 0.5) is 5.69 Å². The zero-order valence-electron chi connectivity index (χ0n) is 14.5. The van der Waals surface area contributed by atoms with Gasteiger partial charge in [-0.25, -0.2) is 0 Å². The number of anilines is 1. The number of nitrogens with zero attached hydrogens (tertiary/aromatic N) is 3. The Bertz CT molecular complexity index is 722. The van der Waals surface area contributed by atoms with Crippen LogP contribution >= 0.6 is 11.6 Å². The number of hydrogen-bond donors (Lipinski definition) is 0. The highest BCUT2D eigenvalue weighted by molar-refractivity contribution is 6.33. The van der Waals surface area contributed by atoms with Crippen molar-refractivity contribution in [2.24, 2.45) is 0 Å². The number of likely N-dealkylation sites (N-methyl/N-ethyl adjacent to an activating group) is 1. The van der Waals surface area contributed by atoms with E-state index in [0.29, 0.717) is 23.8 Å². The predicted octanol–water partition coefficient (Wildman–Crippen LogP) is 3.18. The lowest BCUT2D eigenvalue weighted by molar-refractivity contribution is -0.129. The van der Waals surface area contributed by atoms with Gasteiger partial charge in [-0.05, 0) is 36.2 Å². The fourth-order valence-electron chi connectivity index (χ4n) is 2.49. The van der Waals surface area contributed by atoms with Gasteiger partial charge < -0.3 is 9.80 Å². The molecule has 0 atom stereocenters. The number of carbonyl (C=O) groups is 2. The second kappa shape index (κ2) is 9.18. The third-order valence-corrected chi connectivity index (χ3v) is 4.30. The Kier molecular flexibility index (Phi) is 6.95. The van der Waals surface area contributed by atoms with E-state index in [4.69, 9.17) is 11.6 Å². The highest BCUT2D eigenvalue weighted by Gasteiger charge is 2.17. The first kappa shape index (κ1) is 18.9. The zero-order valence-corrected chi connectivity index (χ0v) is 15.2. The zero-order chi connectivity index (χ0) is 18.2. The molecule has 0 spiro atoms. The van der Waals surface area contributed by atoms with Crippen molar-refractivity contribution in [3.8, 4) is 0 Å². The van der Waals surface area contributed by atoms with E-state index in [1.165, 1.54) is 11.8 Å². The van der Waals surface area contributed by atoms with Gasteiger partial charge in [-0.15, -0.1) is 0 Å². The average Bonchev–Trinajstić information content (AvgIpc) is 2.61. The molecule has 0 bridgehead atoms. The van der Waals surface area contributed by atoms with Crippen LogP contribution in [0.1, 0.15) is 18.9 Å². The van der Waals surface area contributed by atoms with E-state index in [1.807, 2.05) is 24.3 Å². The van der Waals surface area contributed by atoms with Crippen molar-refractivity contribution >= 4 is 29.1 Å². The van der Waals surface area contributed by atoms with Gasteiger partial charge in [0.05, 0.1) is 10.7 Å². The summed E-state index contributed by atoms with van der Waals surface area (Å²) >= 11 is 6.16. The first-order valence-electron chi connectivity index (χ1n) is 8.14. The lowest BCUT2D eigenvalue weighted by atomic mass is 10.2. The van der Waals surface area contributed by atoms with Crippen molar-refractivity contribution in [3.05, 3.63) is 59.4 Å². The molecule has 0 aliphatic carbocycles. The quantitative estimate of drug-likeness (QED) is 0.763. The maximum Gasteiger partial charge on any atom is 0.224 e. The molecule has 1 aromatic carbocycles. The molecule has 0 saturated carbocycles. The SMILES string of the molecule is CC(=O)N(CCC(=O)N(C)CCc1ccncc1)c1ccccc1Cl. The molecule has 0 aliphatic heterocycles. The molecule has 0 saturated heterocycles.